The van der Waals surface area contributed by atoms with Crippen LogP contribution in [0.3, 0.4) is 0 Å². The first-order valence-corrected chi connectivity index (χ1v) is 11.7. The fraction of sp³-hybridized carbons (Fsp3) is 0.222. The average molecular weight is 509 g/mol. The monoisotopic (exact) mass is 508 g/mol. The molecule has 0 unspecified atom stereocenters. The van der Waals surface area contributed by atoms with E-state index < -0.39 is 24.4 Å². The number of nitrogens with one attached hydrogen (secondary N) is 1. The summed E-state index contributed by atoms with van der Waals surface area (Å²) in [7, 11) is 1.57. The zero-order chi connectivity index (χ0) is 25.7. The Labute approximate surface area is 213 Å². The summed E-state index contributed by atoms with van der Waals surface area (Å²) in [5.41, 5.74) is 2.03. The lowest BCUT2D eigenvalue weighted by atomic mass is 10.1. The molecule has 1 heterocycles. The van der Waals surface area contributed by atoms with E-state index in [4.69, 9.17) is 25.8 Å². The van der Waals surface area contributed by atoms with Crippen molar-refractivity contribution in [3.05, 3.63) is 77.3 Å². The first kappa shape index (κ1) is 25.1. The minimum Gasteiger partial charge on any atom is -0.493 e. The first-order chi connectivity index (χ1) is 17.3. The summed E-state index contributed by atoms with van der Waals surface area (Å²) in [4.78, 5) is 38.7. The van der Waals surface area contributed by atoms with Crippen molar-refractivity contribution < 1.29 is 28.6 Å². The minimum absolute atomic E-state index is 0.00743. The summed E-state index contributed by atoms with van der Waals surface area (Å²) in [6.45, 7) is 1.57. The largest absolute Gasteiger partial charge is 0.493 e. The molecule has 0 spiro atoms. The molecule has 4 rings (SSSR count). The van der Waals surface area contributed by atoms with E-state index in [2.05, 4.69) is 5.32 Å². The number of esters is 1. The second-order valence-electron chi connectivity index (χ2n) is 8.27. The van der Waals surface area contributed by atoms with Crippen LogP contribution in [-0.4, -0.2) is 38.0 Å². The van der Waals surface area contributed by atoms with Gasteiger partial charge in [-0.05, 0) is 61.0 Å². The third-order valence-electron chi connectivity index (χ3n) is 5.70. The van der Waals surface area contributed by atoms with E-state index in [0.717, 1.165) is 5.56 Å². The molecule has 9 heteroatoms. The number of carbonyl (C=O) groups excluding carboxylic acids is 3. The van der Waals surface area contributed by atoms with Crippen molar-refractivity contribution in [1.82, 2.24) is 0 Å². The van der Waals surface area contributed by atoms with Crippen LogP contribution in [0.4, 0.5) is 11.4 Å². The van der Waals surface area contributed by atoms with Crippen molar-refractivity contribution in [2.75, 3.05) is 30.5 Å². The molecule has 8 nitrogen and oxygen atoms in total. The van der Waals surface area contributed by atoms with Gasteiger partial charge in [0.15, 0.2) is 18.1 Å². The fourth-order valence-corrected chi connectivity index (χ4v) is 3.94. The van der Waals surface area contributed by atoms with Crippen LogP contribution in [0.25, 0.3) is 0 Å². The van der Waals surface area contributed by atoms with Gasteiger partial charge >= 0.3 is 5.97 Å². The lowest BCUT2D eigenvalue weighted by Crippen LogP contribution is -2.28. The lowest BCUT2D eigenvalue weighted by Gasteiger charge is -2.17. The summed E-state index contributed by atoms with van der Waals surface area (Å²) in [6, 6.07) is 19.4. The molecular formula is C27H25ClN2O6. The van der Waals surface area contributed by atoms with Gasteiger partial charge in [0.05, 0.1) is 13.0 Å². The summed E-state index contributed by atoms with van der Waals surface area (Å²) in [6.07, 6.45) is 0.00743. The van der Waals surface area contributed by atoms with Gasteiger partial charge in [0.1, 0.15) is 5.75 Å². The number of rotatable bonds is 8. The number of aryl methyl sites for hydroxylation is 1. The molecule has 3 aromatic rings. The molecule has 1 aliphatic heterocycles. The van der Waals surface area contributed by atoms with Gasteiger partial charge < -0.3 is 24.4 Å². The van der Waals surface area contributed by atoms with Crippen LogP contribution in [-0.2, 0) is 19.1 Å². The van der Waals surface area contributed by atoms with Crippen molar-refractivity contribution in [1.29, 1.82) is 0 Å². The molecule has 1 aliphatic rings. The maximum Gasteiger partial charge on any atom is 0.311 e. The number of ether oxygens (including phenoxy) is 3. The number of amides is 2. The molecule has 0 saturated carbocycles. The van der Waals surface area contributed by atoms with Gasteiger partial charge in [-0.25, -0.2) is 0 Å². The van der Waals surface area contributed by atoms with Gasteiger partial charge in [-0.1, -0.05) is 29.8 Å². The van der Waals surface area contributed by atoms with Crippen LogP contribution < -0.4 is 19.7 Å². The zero-order valence-electron chi connectivity index (χ0n) is 19.8. The number of nitrogens with zero attached hydrogens (tertiary/aromatic N) is 1. The normalized spacial score (nSPS) is 14.9. The number of halogens is 1. The van der Waals surface area contributed by atoms with E-state index in [9.17, 15) is 14.4 Å². The number of anilines is 2. The Hall–Kier alpha value is -4.04. The first-order valence-electron chi connectivity index (χ1n) is 11.3. The van der Waals surface area contributed by atoms with Crippen molar-refractivity contribution >= 4 is 40.8 Å². The van der Waals surface area contributed by atoms with Crippen LogP contribution in [0.5, 0.6) is 17.2 Å². The maximum atomic E-state index is 12.6. The van der Waals surface area contributed by atoms with E-state index in [1.165, 1.54) is 4.90 Å². The summed E-state index contributed by atoms with van der Waals surface area (Å²) in [5.74, 6) is -0.199. The van der Waals surface area contributed by atoms with E-state index in [1.54, 1.807) is 61.7 Å². The lowest BCUT2D eigenvalue weighted by molar-refractivity contribution is -0.151. The number of para-hydroxylation sites is 2. The van der Waals surface area contributed by atoms with Gasteiger partial charge in [0, 0.05) is 29.4 Å². The van der Waals surface area contributed by atoms with Gasteiger partial charge in [0.2, 0.25) is 5.91 Å². The molecule has 36 heavy (non-hydrogen) atoms. The molecule has 0 aromatic heterocycles. The van der Waals surface area contributed by atoms with Gasteiger partial charge in [-0.2, -0.15) is 0 Å². The molecule has 1 fully saturated rings. The van der Waals surface area contributed by atoms with E-state index >= 15 is 0 Å². The smallest absolute Gasteiger partial charge is 0.311 e. The molecule has 186 valence electrons. The topological polar surface area (TPSA) is 94.2 Å². The number of methoxy groups -OCH3 is 1. The Morgan fingerprint density at radius 2 is 1.78 bits per heavy atom. The summed E-state index contributed by atoms with van der Waals surface area (Å²) < 4.78 is 16.3. The highest BCUT2D eigenvalue weighted by molar-refractivity contribution is 6.31. The van der Waals surface area contributed by atoms with Crippen molar-refractivity contribution in [3.63, 3.8) is 0 Å². The summed E-state index contributed by atoms with van der Waals surface area (Å²) >= 11 is 6.06. The maximum absolute atomic E-state index is 12.6. The van der Waals surface area contributed by atoms with Crippen LogP contribution in [0.15, 0.2) is 66.7 Å². The highest BCUT2D eigenvalue weighted by Crippen LogP contribution is 2.33. The Morgan fingerprint density at radius 1 is 1.06 bits per heavy atom. The molecule has 0 bridgehead atoms. The van der Waals surface area contributed by atoms with Crippen molar-refractivity contribution in [3.8, 4) is 17.2 Å². The second kappa shape index (κ2) is 11.1. The summed E-state index contributed by atoms with van der Waals surface area (Å²) in [5, 5.41) is 3.15. The van der Waals surface area contributed by atoms with E-state index in [1.807, 2.05) is 19.1 Å². The fourth-order valence-electron chi connectivity index (χ4n) is 3.76. The Balaban J connectivity index is 1.30. The SMILES string of the molecule is COc1ccccc1Oc1ccc(N2C[C@H](C(=O)OCC(=O)Nc3ccc(C)c(Cl)c3)CC2=O)cc1. The zero-order valence-corrected chi connectivity index (χ0v) is 20.6. The molecule has 3 aromatic carbocycles. The number of benzene rings is 3. The Bertz CT molecular complexity index is 1280. The Morgan fingerprint density at radius 3 is 2.47 bits per heavy atom. The highest BCUT2D eigenvalue weighted by atomic mass is 35.5. The number of carbonyl (C=O) groups is 3. The number of hydrogen-bond acceptors (Lipinski definition) is 6. The third-order valence-corrected chi connectivity index (χ3v) is 6.11. The van der Waals surface area contributed by atoms with Crippen molar-refractivity contribution in [2.45, 2.75) is 13.3 Å². The third kappa shape index (κ3) is 5.95. The minimum atomic E-state index is -0.663. The highest BCUT2D eigenvalue weighted by Gasteiger charge is 2.36. The van der Waals surface area contributed by atoms with E-state index in [-0.39, 0.29) is 18.9 Å². The molecule has 2 amide bonds. The number of hydrogen-bond donors (Lipinski definition) is 1. The van der Waals surface area contributed by atoms with Gasteiger partial charge in [-0.3, -0.25) is 14.4 Å². The second-order valence-corrected chi connectivity index (χ2v) is 8.68. The van der Waals surface area contributed by atoms with Crippen LogP contribution >= 0.6 is 11.6 Å². The van der Waals surface area contributed by atoms with Crippen LogP contribution in [0.1, 0.15) is 12.0 Å². The molecule has 0 aliphatic carbocycles. The van der Waals surface area contributed by atoms with Crippen LogP contribution in [0.2, 0.25) is 5.02 Å². The van der Waals surface area contributed by atoms with Crippen LogP contribution in [0, 0.1) is 12.8 Å². The quantitative estimate of drug-likeness (QED) is 0.431. The van der Waals surface area contributed by atoms with Crippen molar-refractivity contribution in [2.24, 2.45) is 5.92 Å². The predicted molar refractivity (Wildman–Crippen MR) is 136 cm³/mol. The average Bonchev–Trinajstić information content (AvgIpc) is 3.27. The molecule has 1 N–H and O–H groups in total. The van der Waals surface area contributed by atoms with E-state index in [0.29, 0.717) is 33.6 Å². The molecular weight excluding hydrogens is 484 g/mol. The van der Waals surface area contributed by atoms with Gasteiger partial charge in [0.25, 0.3) is 5.91 Å². The van der Waals surface area contributed by atoms with Gasteiger partial charge in [-0.15, -0.1) is 0 Å². The molecule has 0 radical (unpaired) electrons. The standard InChI is InChI=1S/C27H25ClN2O6/c1-17-7-8-19(14-22(17)28)29-25(31)16-35-27(33)18-13-26(32)30(15-18)20-9-11-21(12-10-20)36-24-6-4-3-5-23(24)34-2/h3-12,14,18H,13,15-16H2,1-2H3,(H,29,31)/t18-/m1/s1. The molecule has 1 saturated heterocycles. The Kier molecular flexibility index (Phi) is 7.75. The predicted octanol–water partition coefficient (Wildman–Crippen LogP) is 4.98. The molecule has 1 atom stereocenters.